The molecule has 0 aromatic heterocycles. The first-order valence-electron chi connectivity index (χ1n) is 13.2. The summed E-state index contributed by atoms with van der Waals surface area (Å²) in [4.78, 5) is 32.5. The fourth-order valence-electron chi connectivity index (χ4n) is 5.20. The molecular formula is C31H34ClN5O2. The molecule has 202 valence electrons. The van der Waals surface area contributed by atoms with Gasteiger partial charge in [0.15, 0.2) is 0 Å². The van der Waals surface area contributed by atoms with Gasteiger partial charge in [-0.05, 0) is 62.9 Å². The summed E-state index contributed by atoms with van der Waals surface area (Å²) < 4.78 is 0. The van der Waals surface area contributed by atoms with Gasteiger partial charge in [-0.15, -0.1) is 0 Å². The third-order valence-corrected chi connectivity index (χ3v) is 7.94. The second kappa shape index (κ2) is 11.2. The lowest BCUT2D eigenvalue weighted by molar-refractivity contribution is -0.120. The van der Waals surface area contributed by atoms with Crippen LogP contribution in [0.1, 0.15) is 25.0 Å². The van der Waals surface area contributed by atoms with Gasteiger partial charge in [0.05, 0.1) is 23.5 Å². The zero-order chi connectivity index (χ0) is 27.7. The van der Waals surface area contributed by atoms with Crippen molar-refractivity contribution in [2.24, 2.45) is 0 Å². The maximum atomic E-state index is 13.1. The highest BCUT2D eigenvalue weighted by Gasteiger charge is 2.30. The van der Waals surface area contributed by atoms with E-state index in [2.05, 4.69) is 41.3 Å². The molecule has 0 saturated carbocycles. The molecule has 2 heterocycles. The Morgan fingerprint density at radius 2 is 1.74 bits per heavy atom. The van der Waals surface area contributed by atoms with Gasteiger partial charge in [-0.3, -0.25) is 14.5 Å². The van der Waals surface area contributed by atoms with Crippen molar-refractivity contribution >= 4 is 51.7 Å². The van der Waals surface area contributed by atoms with Gasteiger partial charge >= 0.3 is 0 Å². The van der Waals surface area contributed by atoms with Crippen molar-refractivity contribution in [2.45, 2.75) is 25.9 Å². The van der Waals surface area contributed by atoms with Gasteiger partial charge in [0.2, 0.25) is 5.91 Å². The van der Waals surface area contributed by atoms with Crippen LogP contribution >= 0.6 is 11.6 Å². The Morgan fingerprint density at radius 1 is 1.03 bits per heavy atom. The van der Waals surface area contributed by atoms with Crippen molar-refractivity contribution in [3.63, 3.8) is 0 Å². The predicted octanol–water partition coefficient (Wildman–Crippen LogP) is 5.26. The lowest BCUT2D eigenvalue weighted by Gasteiger charge is -2.42. The molecule has 1 saturated heterocycles. The van der Waals surface area contributed by atoms with Crippen LogP contribution in [-0.4, -0.2) is 67.4 Å². The van der Waals surface area contributed by atoms with E-state index in [9.17, 15) is 9.59 Å². The topological polar surface area (TPSA) is 67.9 Å². The van der Waals surface area contributed by atoms with Gasteiger partial charge in [0.25, 0.3) is 5.91 Å². The number of amides is 2. The fraction of sp³-hybridized carbons (Fsp3) is 0.290. The highest BCUT2D eigenvalue weighted by atomic mass is 35.5. The molecule has 3 aromatic rings. The Kier molecular flexibility index (Phi) is 7.75. The zero-order valence-corrected chi connectivity index (χ0v) is 23.5. The number of carbonyl (C=O) groups is 2. The van der Waals surface area contributed by atoms with Gasteiger partial charge in [0.1, 0.15) is 0 Å². The number of benzene rings is 3. The number of fused-ring (bicyclic) bond motifs is 1. The van der Waals surface area contributed by atoms with Gasteiger partial charge < -0.3 is 20.4 Å². The minimum Gasteiger partial charge on any atom is -0.354 e. The highest BCUT2D eigenvalue weighted by Crippen LogP contribution is 2.38. The van der Waals surface area contributed by atoms with E-state index in [1.165, 1.54) is 0 Å². The average Bonchev–Trinajstić information content (AvgIpc) is 3.25. The SMILES string of the molecule is C[C@@H]1CN(CC(=O)N(C)c2ccc(N/C(=C3\C(=O)Nc4cc(Cl)ccc43)c3ccccc3)cc2)[C@H](C)CN1C. The average molecular weight is 544 g/mol. The molecule has 0 radical (unpaired) electrons. The number of carbonyl (C=O) groups excluding carboxylic acids is 2. The van der Waals surface area contributed by atoms with E-state index in [-0.39, 0.29) is 11.8 Å². The summed E-state index contributed by atoms with van der Waals surface area (Å²) >= 11 is 6.17. The molecule has 5 rings (SSSR count). The minimum absolute atomic E-state index is 0.0595. The van der Waals surface area contributed by atoms with Crippen molar-refractivity contribution in [3.05, 3.63) is 88.9 Å². The van der Waals surface area contributed by atoms with Crippen LogP contribution in [0, 0.1) is 0 Å². The summed E-state index contributed by atoms with van der Waals surface area (Å²) in [6.07, 6.45) is 0. The Hall–Kier alpha value is -3.65. The van der Waals surface area contributed by atoms with Crippen molar-refractivity contribution < 1.29 is 9.59 Å². The molecule has 2 atom stereocenters. The molecule has 2 N–H and O–H groups in total. The first-order valence-corrected chi connectivity index (χ1v) is 13.6. The number of rotatable bonds is 6. The standard InChI is InChI=1S/C31H34ClN5O2/c1-20-18-37(21(2)17-35(20)3)19-28(38)36(4)25-13-11-24(12-14-25)33-30(22-8-6-5-7-9-22)29-26-15-10-23(32)16-27(26)34-31(29)39/h5-16,20-21,33H,17-19H2,1-4H3,(H,34,39)/b30-29-/t20-,21-/m1/s1. The number of anilines is 3. The molecule has 0 spiro atoms. The monoisotopic (exact) mass is 543 g/mol. The molecular weight excluding hydrogens is 510 g/mol. The smallest absolute Gasteiger partial charge is 0.258 e. The van der Waals surface area contributed by atoms with Gasteiger partial charge in [-0.2, -0.15) is 0 Å². The first-order chi connectivity index (χ1) is 18.7. The number of nitrogens with zero attached hydrogens (tertiary/aromatic N) is 3. The Labute approximate surface area is 235 Å². The van der Waals surface area contributed by atoms with E-state index in [0.717, 1.165) is 35.6 Å². The van der Waals surface area contributed by atoms with E-state index in [4.69, 9.17) is 11.6 Å². The molecule has 0 bridgehead atoms. The summed E-state index contributed by atoms with van der Waals surface area (Å²) in [5.41, 5.74) is 5.25. The molecule has 2 aliphatic heterocycles. The Morgan fingerprint density at radius 3 is 2.46 bits per heavy atom. The quantitative estimate of drug-likeness (QED) is 0.415. The molecule has 1 fully saturated rings. The molecule has 2 aliphatic rings. The molecule has 0 unspecified atom stereocenters. The summed E-state index contributed by atoms with van der Waals surface area (Å²) in [6, 6.07) is 23.6. The summed E-state index contributed by atoms with van der Waals surface area (Å²) in [5.74, 6) is -0.127. The van der Waals surface area contributed by atoms with E-state index in [0.29, 0.717) is 40.6 Å². The van der Waals surface area contributed by atoms with Crippen LogP contribution in [-0.2, 0) is 9.59 Å². The van der Waals surface area contributed by atoms with Gasteiger partial charge in [-0.25, -0.2) is 0 Å². The largest absolute Gasteiger partial charge is 0.354 e. The maximum absolute atomic E-state index is 13.1. The van der Waals surface area contributed by atoms with Crippen LogP contribution in [0.25, 0.3) is 11.3 Å². The maximum Gasteiger partial charge on any atom is 0.258 e. The van der Waals surface area contributed by atoms with Crippen molar-refractivity contribution in [3.8, 4) is 0 Å². The number of nitrogens with one attached hydrogen (secondary N) is 2. The van der Waals surface area contributed by atoms with Gasteiger partial charge in [-0.1, -0.05) is 48.0 Å². The number of halogens is 1. The Balaban J connectivity index is 1.37. The number of likely N-dealkylation sites (N-methyl/N-ethyl adjacent to an activating group) is 2. The number of piperazine rings is 1. The van der Waals surface area contributed by atoms with Crippen molar-refractivity contribution in [1.82, 2.24) is 9.80 Å². The van der Waals surface area contributed by atoms with Crippen LogP contribution in [0.15, 0.2) is 72.8 Å². The van der Waals surface area contributed by atoms with Crippen molar-refractivity contribution in [2.75, 3.05) is 49.3 Å². The molecule has 7 nitrogen and oxygen atoms in total. The van der Waals surface area contributed by atoms with Crippen LogP contribution in [0.2, 0.25) is 5.02 Å². The second-order valence-electron chi connectivity index (χ2n) is 10.5. The third-order valence-electron chi connectivity index (χ3n) is 7.70. The van der Waals surface area contributed by atoms with Crippen LogP contribution in [0.4, 0.5) is 17.1 Å². The van der Waals surface area contributed by atoms with Crippen LogP contribution in [0.3, 0.4) is 0 Å². The van der Waals surface area contributed by atoms with E-state index < -0.39 is 0 Å². The predicted molar refractivity (Wildman–Crippen MR) is 160 cm³/mol. The van der Waals surface area contributed by atoms with E-state index in [1.807, 2.05) is 67.7 Å². The minimum atomic E-state index is -0.187. The molecule has 0 aliphatic carbocycles. The van der Waals surface area contributed by atoms with E-state index in [1.54, 1.807) is 17.0 Å². The normalized spacial score (nSPS) is 20.8. The number of hydrogen-bond donors (Lipinski definition) is 2. The summed E-state index contributed by atoms with van der Waals surface area (Å²) in [6.45, 7) is 6.58. The van der Waals surface area contributed by atoms with Gasteiger partial charge in [0, 0.05) is 54.2 Å². The highest BCUT2D eigenvalue weighted by molar-refractivity contribution is 6.38. The summed E-state index contributed by atoms with van der Waals surface area (Å²) in [5, 5.41) is 6.96. The lowest BCUT2D eigenvalue weighted by atomic mass is 10.00. The third kappa shape index (κ3) is 5.71. The van der Waals surface area contributed by atoms with Crippen molar-refractivity contribution in [1.29, 1.82) is 0 Å². The molecule has 3 aromatic carbocycles. The first kappa shape index (κ1) is 26.9. The van der Waals surface area contributed by atoms with Crippen LogP contribution in [0.5, 0.6) is 0 Å². The fourth-order valence-corrected chi connectivity index (χ4v) is 5.38. The lowest BCUT2D eigenvalue weighted by Crippen LogP contribution is -2.57. The zero-order valence-electron chi connectivity index (χ0n) is 22.7. The number of hydrogen-bond acceptors (Lipinski definition) is 5. The molecule has 8 heteroatoms. The molecule has 2 amide bonds. The molecule has 39 heavy (non-hydrogen) atoms. The van der Waals surface area contributed by atoms with E-state index >= 15 is 0 Å². The second-order valence-corrected chi connectivity index (χ2v) is 10.9. The summed E-state index contributed by atoms with van der Waals surface area (Å²) in [7, 11) is 3.95. The van der Waals surface area contributed by atoms with Crippen LogP contribution < -0.4 is 15.5 Å². The Bertz CT molecular complexity index is 1410.